The van der Waals surface area contributed by atoms with Gasteiger partial charge < -0.3 is 20.3 Å². The van der Waals surface area contributed by atoms with Gasteiger partial charge in [-0.25, -0.2) is 4.98 Å². The summed E-state index contributed by atoms with van der Waals surface area (Å²) in [6.07, 6.45) is -4.62. The molecular weight excluding hydrogens is 453 g/mol. The average Bonchev–Trinajstić information content (AvgIpc) is 3.20. The molecule has 0 saturated carbocycles. The van der Waals surface area contributed by atoms with Crippen LogP contribution in [0.1, 0.15) is 23.8 Å². The second-order valence-electron chi connectivity index (χ2n) is 6.82. The van der Waals surface area contributed by atoms with Gasteiger partial charge in [0.25, 0.3) is 0 Å². The molecule has 1 atom stereocenters. The maximum atomic E-state index is 13.7. The van der Waals surface area contributed by atoms with E-state index in [4.69, 9.17) is 0 Å². The smallest absolute Gasteiger partial charge is 0.406 e. The van der Waals surface area contributed by atoms with Crippen LogP contribution in [0.5, 0.6) is 5.75 Å². The molecule has 1 heterocycles. The zero-order chi connectivity index (χ0) is 24.3. The Morgan fingerprint density at radius 3 is 2.48 bits per heavy atom. The minimum atomic E-state index is -4.89. The van der Waals surface area contributed by atoms with Gasteiger partial charge in [-0.15, -0.1) is 13.2 Å². The van der Waals surface area contributed by atoms with Gasteiger partial charge in [0.15, 0.2) is 0 Å². The zero-order valence-electron chi connectivity index (χ0n) is 16.8. The molecule has 1 unspecified atom stereocenters. The summed E-state index contributed by atoms with van der Waals surface area (Å²) in [7, 11) is 0. The molecule has 0 radical (unpaired) electrons. The molecule has 0 saturated heterocycles. The number of amides is 1. The summed E-state index contributed by atoms with van der Waals surface area (Å²) in [6, 6.07) is 6.11. The third-order valence-corrected chi connectivity index (χ3v) is 4.72. The predicted octanol–water partition coefficient (Wildman–Crippen LogP) is 3.82. The molecule has 176 valence electrons. The molecule has 3 aromatic rings. The van der Waals surface area contributed by atoms with E-state index in [9.17, 15) is 37.0 Å². The summed E-state index contributed by atoms with van der Waals surface area (Å²) < 4.78 is 69.1. The molecular formula is C21H18F5N3O4. The number of alkyl halides is 5. The number of halogens is 5. The van der Waals surface area contributed by atoms with Gasteiger partial charge in [-0.3, -0.25) is 9.36 Å². The van der Waals surface area contributed by atoms with E-state index in [0.717, 1.165) is 24.5 Å². The first kappa shape index (κ1) is 24.1. The van der Waals surface area contributed by atoms with Gasteiger partial charge in [0, 0.05) is 17.7 Å². The Kier molecular flexibility index (Phi) is 6.98. The second kappa shape index (κ2) is 9.55. The lowest BCUT2D eigenvalue weighted by Crippen LogP contribution is -2.22. The summed E-state index contributed by atoms with van der Waals surface area (Å²) in [6.45, 7) is -0.746. The van der Waals surface area contributed by atoms with E-state index in [1.165, 1.54) is 18.2 Å². The minimum Gasteiger partial charge on any atom is -0.406 e. The number of benzene rings is 2. The lowest BCUT2D eigenvalue weighted by Gasteiger charge is -2.19. The third-order valence-electron chi connectivity index (χ3n) is 4.72. The van der Waals surface area contributed by atoms with Crippen molar-refractivity contribution in [2.75, 3.05) is 6.61 Å². The van der Waals surface area contributed by atoms with Crippen molar-refractivity contribution in [2.45, 2.75) is 25.6 Å². The number of nitrogens with one attached hydrogen (secondary N) is 1. The van der Waals surface area contributed by atoms with Gasteiger partial charge in [-0.05, 0) is 35.4 Å². The first-order valence-corrected chi connectivity index (χ1v) is 9.41. The minimum absolute atomic E-state index is 0.0149. The largest absolute Gasteiger partial charge is 0.573 e. The number of carbonyl (C=O) groups excluding carboxylic acids is 1. The van der Waals surface area contributed by atoms with Crippen LogP contribution in [-0.2, 0) is 11.3 Å². The molecule has 0 spiro atoms. The van der Waals surface area contributed by atoms with Crippen molar-refractivity contribution in [2.24, 2.45) is 0 Å². The van der Waals surface area contributed by atoms with Crippen molar-refractivity contribution < 1.29 is 41.7 Å². The number of aliphatic hydroxyl groups excluding tert-OH is 2. The highest BCUT2D eigenvalue weighted by Crippen LogP contribution is 2.38. The van der Waals surface area contributed by atoms with Crippen molar-refractivity contribution in [3.8, 4) is 16.9 Å². The van der Waals surface area contributed by atoms with Crippen LogP contribution in [0.15, 0.2) is 49.3 Å². The Bertz CT molecular complexity index is 1160. The van der Waals surface area contributed by atoms with E-state index in [-0.39, 0.29) is 34.3 Å². The topological polar surface area (TPSA) is 96.6 Å². The first-order chi connectivity index (χ1) is 15.6. The number of hydrogen-bond donors (Lipinski definition) is 3. The molecule has 3 rings (SSSR count). The highest BCUT2D eigenvalue weighted by atomic mass is 19.4. The standard InChI is InChI=1S/C21H18F5N3O4/c1-2-16(32)27-8-12-7-14(11-3-5-13(6-4-11)33-21(24,25)26)18-19(17(12)15(31)9-30)29(10-28-18)20(22)23/h2-7,10,15,20,30-31H,1,8-9H2,(H,27,32). The Morgan fingerprint density at radius 1 is 1.27 bits per heavy atom. The summed E-state index contributed by atoms with van der Waals surface area (Å²) in [5.41, 5.74) is 0.501. The molecule has 1 amide bonds. The number of fused-ring (bicyclic) bond motifs is 1. The number of hydrogen-bond acceptors (Lipinski definition) is 5. The average molecular weight is 471 g/mol. The number of aliphatic hydroxyl groups is 2. The first-order valence-electron chi connectivity index (χ1n) is 9.41. The van der Waals surface area contributed by atoms with E-state index >= 15 is 0 Å². The van der Waals surface area contributed by atoms with E-state index in [0.29, 0.717) is 10.1 Å². The van der Waals surface area contributed by atoms with E-state index in [1.807, 2.05) is 0 Å². The molecule has 1 aromatic heterocycles. The van der Waals surface area contributed by atoms with E-state index in [2.05, 4.69) is 21.6 Å². The second-order valence-corrected chi connectivity index (χ2v) is 6.82. The van der Waals surface area contributed by atoms with Gasteiger partial charge in [0.05, 0.1) is 17.6 Å². The van der Waals surface area contributed by atoms with Gasteiger partial charge in [0.1, 0.15) is 18.2 Å². The van der Waals surface area contributed by atoms with Crippen LogP contribution in [0, 0.1) is 0 Å². The van der Waals surface area contributed by atoms with E-state index < -0.39 is 37.3 Å². The molecule has 0 aliphatic rings. The van der Waals surface area contributed by atoms with E-state index in [1.54, 1.807) is 0 Å². The summed E-state index contributed by atoms with van der Waals surface area (Å²) >= 11 is 0. The number of rotatable bonds is 8. The Morgan fingerprint density at radius 2 is 1.94 bits per heavy atom. The summed E-state index contributed by atoms with van der Waals surface area (Å²) in [5, 5.41) is 22.3. The molecule has 3 N–H and O–H groups in total. The molecule has 33 heavy (non-hydrogen) atoms. The number of ether oxygens (including phenoxy) is 1. The maximum absolute atomic E-state index is 13.7. The predicted molar refractivity (Wildman–Crippen MR) is 107 cm³/mol. The highest BCUT2D eigenvalue weighted by molar-refractivity contribution is 5.95. The Labute approximate surface area is 183 Å². The number of imidazole rings is 1. The van der Waals surface area contributed by atoms with Gasteiger partial charge in [-0.1, -0.05) is 18.7 Å². The van der Waals surface area contributed by atoms with Crippen LogP contribution in [0.4, 0.5) is 22.0 Å². The number of carbonyl (C=O) groups is 1. The van der Waals surface area contributed by atoms with Crippen LogP contribution >= 0.6 is 0 Å². The number of aromatic nitrogens is 2. The van der Waals surface area contributed by atoms with Crippen molar-refractivity contribution in [1.82, 2.24) is 14.9 Å². The van der Waals surface area contributed by atoms with Crippen molar-refractivity contribution in [3.05, 3.63) is 60.4 Å². The van der Waals surface area contributed by atoms with Crippen LogP contribution < -0.4 is 10.1 Å². The molecule has 12 heteroatoms. The van der Waals surface area contributed by atoms with Crippen molar-refractivity contribution >= 4 is 16.9 Å². The molecule has 7 nitrogen and oxygen atoms in total. The quantitative estimate of drug-likeness (QED) is 0.343. The zero-order valence-corrected chi connectivity index (χ0v) is 16.8. The molecule has 0 fully saturated rings. The van der Waals surface area contributed by atoms with Gasteiger partial charge in [0.2, 0.25) is 5.91 Å². The van der Waals surface area contributed by atoms with Gasteiger partial charge >= 0.3 is 12.9 Å². The normalized spacial score (nSPS) is 12.7. The van der Waals surface area contributed by atoms with Gasteiger partial charge in [-0.2, -0.15) is 8.78 Å². The highest BCUT2D eigenvalue weighted by Gasteiger charge is 2.31. The molecule has 0 aliphatic carbocycles. The van der Waals surface area contributed by atoms with Crippen LogP contribution in [0.3, 0.4) is 0 Å². The monoisotopic (exact) mass is 471 g/mol. The molecule has 0 aliphatic heterocycles. The molecule has 0 bridgehead atoms. The summed E-state index contributed by atoms with van der Waals surface area (Å²) in [5.74, 6) is -1.05. The van der Waals surface area contributed by atoms with Crippen LogP contribution in [-0.4, -0.2) is 38.6 Å². The Hall–Kier alpha value is -3.51. The number of nitrogens with zero attached hydrogens (tertiary/aromatic N) is 2. The molecule has 2 aromatic carbocycles. The lowest BCUT2D eigenvalue weighted by molar-refractivity contribution is -0.274. The maximum Gasteiger partial charge on any atom is 0.573 e. The SMILES string of the molecule is C=CC(=O)NCc1cc(-c2ccc(OC(F)(F)F)cc2)c2ncn(C(F)F)c2c1C(O)CO. The van der Waals surface area contributed by atoms with Crippen LogP contribution in [0.2, 0.25) is 0 Å². The van der Waals surface area contributed by atoms with Crippen LogP contribution in [0.25, 0.3) is 22.2 Å². The fraction of sp³-hybridized carbons (Fsp3) is 0.238. The fourth-order valence-electron chi connectivity index (χ4n) is 3.37. The Balaban J connectivity index is 2.22. The van der Waals surface area contributed by atoms with Crippen molar-refractivity contribution in [1.29, 1.82) is 0 Å². The van der Waals surface area contributed by atoms with Crippen molar-refractivity contribution in [3.63, 3.8) is 0 Å². The third kappa shape index (κ3) is 5.29. The fourth-order valence-corrected chi connectivity index (χ4v) is 3.37. The lowest BCUT2D eigenvalue weighted by atomic mass is 9.93. The summed E-state index contributed by atoms with van der Waals surface area (Å²) in [4.78, 5) is 15.7.